The smallest absolute Gasteiger partial charge is 0.279 e. The first kappa shape index (κ1) is 16.5. The van der Waals surface area contributed by atoms with Crippen molar-refractivity contribution in [2.75, 3.05) is 6.54 Å². The summed E-state index contributed by atoms with van der Waals surface area (Å²) in [4.78, 5) is 11.8. The first-order valence-corrected chi connectivity index (χ1v) is 6.99. The summed E-state index contributed by atoms with van der Waals surface area (Å²) in [6.07, 6.45) is -0.703. The lowest BCUT2D eigenvalue weighted by atomic mass is 10.2. The molecule has 0 aliphatic carbocycles. The van der Waals surface area contributed by atoms with Gasteiger partial charge in [0.05, 0.1) is 5.02 Å². The first-order chi connectivity index (χ1) is 9.43. The van der Waals surface area contributed by atoms with Crippen LogP contribution in [0.25, 0.3) is 0 Å². The molecule has 0 saturated carbocycles. The zero-order valence-corrected chi connectivity index (χ0v) is 13.2. The number of thiocarbonyl (C=S) groups is 1. The molecule has 5 nitrogen and oxygen atoms in total. The molecule has 0 aliphatic heterocycles. The van der Waals surface area contributed by atoms with Gasteiger partial charge in [0.25, 0.3) is 5.91 Å². The second kappa shape index (κ2) is 7.91. The van der Waals surface area contributed by atoms with Gasteiger partial charge in [-0.25, -0.2) is 0 Å². The molecule has 1 atom stereocenters. The number of amides is 1. The minimum Gasteiger partial charge on any atom is -0.479 e. The Morgan fingerprint density at radius 2 is 2.15 bits per heavy atom. The number of hydrogen-bond donors (Lipinski definition) is 3. The molecule has 0 aliphatic rings. The maximum Gasteiger partial charge on any atom is 0.279 e. The van der Waals surface area contributed by atoms with Crippen molar-refractivity contribution in [2.45, 2.75) is 26.9 Å². The van der Waals surface area contributed by atoms with Gasteiger partial charge < -0.3 is 10.1 Å². The Morgan fingerprint density at radius 1 is 1.45 bits per heavy atom. The maximum absolute atomic E-state index is 11.8. The fraction of sp³-hybridized carbons (Fsp3) is 0.385. The number of rotatable bonds is 4. The maximum atomic E-state index is 11.8. The number of ether oxygens (including phenoxy) is 1. The Morgan fingerprint density at radius 3 is 2.80 bits per heavy atom. The van der Waals surface area contributed by atoms with Gasteiger partial charge in [0.2, 0.25) is 0 Å². The number of benzene rings is 1. The Hall–Kier alpha value is -1.53. The Balaban J connectivity index is 2.53. The lowest BCUT2D eigenvalue weighted by Gasteiger charge is -2.17. The monoisotopic (exact) mass is 315 g/mol. The minimum atomic E-state index is -0.703. The molecular formula is C13H18ClN3O2S. The van der Waals surface area contributed by atoms with Crippen LogP contribution in [0.5, 0.6) is 5.75 Å². The first-order valence-electron chi connectivity index (χ1n) is 6.20. The second-order valence-electron chi connectivity index (χ2n) is 4.17. The van der Waals surface area contributed by atoms with Gasteiger partial charge in [-0.3, -0.25) is 15.6 Å². The van der Waals surface area contributed by atoms with Crippen LogP contribution in [0.15, 0.2) is 18.2 Å². The number of carbonyl (C=O) groups excluding carboxylic acids is 1. The average Bonchev–Trinajstić information content (AvgIpc) is 2.40. The van der Waals surface area contributed by atoms with E-state index in [2.05, 4.69) is 16.2 Å². The number of carbonyl (C=O) groups is 1. The molecule has 0 spiro atoms. The predicted octanol–water partition coefficient (Wildman–Crippen LogP) is 1.93. The quantitative estimate of drug-likeness (QED) is 0.585. The van der Waals surface area contributed by atoms with E-state index in [1.54, 1.807) is 19.1 Å². The lowest BCUT2D eigenvalue weighted by molar-refractivity contribution is -0.127. The van der Waals surface area contributed by atoms with Gasteiger partial charge >= 0.3 is 0 Å². The van der Waals surface area contributed by atoms with Gasteiger partial charge in [-0.1, -0.05) is 17.7 Å². The molecule has 1 amide bonds. The normalized spacial score (nSPS) is 11.4. The molecule has 7 heteroatoms. The third-order valence-corrected chi connectivity index (χ3v) is 2.95. The van der Waals surface area contributed by atoms with Crippen LogP contribution in [-0.4, -0.2) is 23.7 Å². The third-order valence-electron chi connectivity index (χ3n) is 2.40. The number of hydrogen-bond acceptors (Lipinski definition) is 3. The molecule has 0 heterocycles. The van der Waals surface area contributed by atoms with Crippen LogP contribution in [0.3, 0.4) is 0 Å². The van der Waals surface area contributed by atoms with Crippen molar-refractivity contribution in [1.82, 2.24) is 16.2 Å². The Labute approximate surface area is 129 Å². The molecule has 110 valence electrons. The Kier molecular flexibility index (Phi) is 6.54. The van der Waals surface area contributed by atoms with Gasteiger partial charge in [0.1, 0.15) is 5.75 Å². The second-order valence-corrected chi connectivity index (χ2v) is 4.98. The highest BCUT2D eigenvalue weighted by molar-refractivity contribution is 7.80. The van der Waals surface area contributed by atoms with Crippen molar-refractivity contribution in [3.05, 3.63) is 28.8 Å². The highest BCUT2D eigenvalue weighted by Crippen LogP contribution is 2.26. The average molecular weight is 316 g/mol. The molecule has 1 aromatic rings. The van der Waals surface area contributed by atoms with E-state index >= 15 is 0 Å². The fourth-order valence-electron chi connectivity index (χ4n) is 1.37. The van der Waals surface area contributed by atoms with Gasteiger partial charge in [-0.05, 0) is 50.7 Å². The molecule has 0 fully saturated rings. The van der Waals surface area contributed by atoms with Crippen molar-refractivity contribution in [2.24, 2.45) is 0 Å². The van der Waals surface area contributed by atoms with Crippen LogP contribution in [0, 0.1) is 6.92 Å². The van der Waals surface area contributed by atoms with Crippen LogP contribution in [0.1, 0.15) is 19.4 Å². The lowest BCUT2D eigenvalue weighted by Crippen LogP contribution is -2.50. The van der Waals surface area contributed by atoms with Crippen LogP contribution in [0.4, 0.5) is 0 Å². The van der Waals surface area contributed by atoms with E-state index in [1.165, 1.54) is 0 Å². The molecule has 20 heavy (non-hydrogen) atoms. The Bertz CT molecular complexity index is 497. The summed E-state index contributed by atoms with van der Waals surface area (Å²) in [6, 6.07) is 5.38. The third kappa shape index (κ3) is 5.22. The highest BCUT2D eigenvalue weighted by Gasteiger charge is 2.16. The summed E-state index contributed by atoms with van der Waals surface area (Å²) in [5.41, 5.74) is 6.05. The van der Waals surface area contributed by atoms with E-state index in [9.17, 15) is 4.79 Å². The van der Waals surface area contributed by atoms with Crippen LogP contribution < -0.4 is 20.9 Å². The highest BCUT2D eigenvalue weighted by atomic mass is 35.5. The summed E-state index contributed by atoms with van der Waals surface area (Å²) in [7, 11) is 0. The van der Waals surface area contributed by atoms with Crippen molar-refractivity contribution in [1.29, 1.82) is 0 Å². The van der Waals surface area contributed by atoms with E-state index in [-0.39, 0.29) is 5.91 Å². The zero-order valence-electron chi connectivity index (χ0n) is 11.6. The number of nitrogens with one attached hydrogen (secondary N) is 3. The largest absolute Gasteiger partial charge is 0.479 e. The van der Waals surface area contributed by atoms with Crippen molar-refractivity contribution < 1.29 is 9.53 Å². The van der Waals surface area contributed by atoms with E-state index < -0.39 is 6.10 Å². The molecule has 0 saturated heterocycles. The molecule has 1 rings (SSSR count). The summed E-state index contributed by atoms with van der Waals surface area (Å²) in [6.45, 7) is 6.13. The van der Waals surface area contributed by atoms with E-state index in [0.717, 1.165) is 5.56 Å². The van der Waals surface area contributed by atoms with Crippen LogP contribution in [0.2, 0.25) is 5.02 Å². The van der Waals surface area contributed by atoms with Crippen molar-refractivity contribution in [3.63, 3.8) is 0 Å². The molecule has 0 aromatic heterocycles. The van der Waals surface area contributed by atoms with Gasteiger partial charge in [0, 0.05) is 6.54 Å². The van der Waals surface area contributed by atoms with E-state index in [4.69, 9.17) is 28.6 Å². The number of halogens is 1. The summed E-state index contributed by atoms with van der Waals surface area (Å²) in [5, 5.41) is 3.66. The molecular weight excluding hydrogens is 298 g/mol. The van der Waals surface area contributed by atoms with Gasteiger partial charge in [0.15, 0.2) is 11.2 Å². The number of hydrazine groups is 1. The molecule has 1 aromatic carbocycles. The van der Waals surface area contributed by atoms with Crippen molar-refractivity contribution in [3.8, 4) is 5.75 Å². The van der Waals surface area contributed by atoms with Crippen molar-refractivity contribution >= 4 is 34.8 Å². The van der Waals surface area contributed by atoms with Gasteiger partial charge in [-0.15, -0.1) is 0 Å². The number of aryl methyl sites for hydroxylation is 1. The van der Waals surface area contributed by atoms with E-state index in [1.807, 2.05) is 19.9 Å². The molecule has 3 N–H and O–H groups in total. The minimum absolute atomic E-state index is 0.345. The summed E-state index contributed by atoms with van der Waals surface area (Å²) in [5.74, 6) is 0.131. The molecule has 0 unspecified atom stereocenters. The zero-order chi connectivity index (χ0) is 15.1. The molecule has 0 bridgehead atoms. The van der Waals surface area contributed by atoms with Gasteiger partial charge in [-0.2, -0.15) is 0 Å². The van der Waals surface area contributed by atoms with Crippen LogP contribution >= 0.6 is 23.8 Å². The van der Waals surface area contributed by atoms with E-state index in [0.29, 0.717) is 22.4 Å². The topological polar surface area (TPSA) is 62.4 Å². The SMILES string of the molecule is CCNC(=S)NNC(=O)[C@@H](C)Oc1cc(C)ccc1Cl. The predicted molar refractivity (Wildman–Crippen MR) is 83.8 cm³/mol. The molecule has 0 radical (unpaired) electrons. The standard InChI is InChI=1S/C13H18ClN3O2S/c1-4-15-13(20)17-16-12(18)9(3)19-11-7-8(2)5-6-10(11)14/h5-7,9H,4H2,1-3H3,(H,16,18)(H2,15,17,20)/t9-/m1/s1. The van der Waals surface area contributed by atoms with Crippen LogP contribution in [-0.2, 0) is 4.79 Å². The fourth-order valence-corrected chi connectivity index (χ4v) is 1.73. The summed E-state index contributed by atoms with van der Waals surface area (Å²) < 4.78 is 5.53. The summed E-state index contributed by atoms with van der Waals surface area (Å²) >= 11 is 10.9.